The number of carbonyl (C=O) groups excluding carboxylic acids is 1. The highest BCUT2D eigenvalue weighted by molar-refractivity contribution is 6.17. The fourth-order valence-corrected chi connectivity index (χ4v) is 1.64. The van der Waals surface area contributed by atoms with Gasteiger partial charge in [-0.15, -0.1) is 0 Å². The van der Waals surface area contributed by atoms with Crippen LogP contribution in [0, 0.1) is 5.41 Å². The van der Waals surface area contributed by atoms with Crippen molar-refractivity contribution in [3.63, 3.8) is 0 Å². The van der Waals surface area contributed by atoms with Gasteiger partial charge in [0.15, 0.2) is 0 Å². The number of nitrogens with zero attached hydrogens (tertiary/aromatic N) is 1. The van der Waals surface area contributed by atoms with Crippen LogP contribution in [0.3, 0.4) is 0 Å². The molecule has 0 saturated carbocycles. The van der Waals surface area contributed by atoms with Crippen molar-refractivity contribution < 1.29 is 14.3 Å². The number of nitrogens with one attached hydrogen (secondary N) is 2. The highest BCUT2D eigenvalue weighted by Gasteiger charge is 2.23. The first-order valence-electron chi connectivity index (χ1n) is 6.61. The summed E-state index contributed by atoms with van der Waals surface area (Å²) in [7, 11) is 0. The van der Waals surface area contributed by atoms with E-state index in [1.54, 1.807) is 13.1 Å². The highest BCUT2D eigenvalue weighted by atomic mass is 16.5. The zero-order valence-corrected chi connectivity index (χ0v) is 11.9. The van der Waals surface area contributed by atoms with E-state index in [9.17, 15) is 4.79 Å². The number of ether oxygens (including phenoxy) is 2. The molecule has 0 aromatic heterocycles. The predicted octanol–water partition coefficient (Wildman–Crippen LogP) is 0.741. The van der Waals surface area contributed by atoms with Gasteiger partial charge in [-0.1, -0.05) is 0 Å². The lowest BCUT2D eigenvalue weighted by molar-refractivity contribution is -0.138. The maximum absolute atomic E-state index is 11.9. The van der Waals surface area contributed by atoms with Crippen LogP contribution in [-0.4, -0.2) is 55.7 Å². The molecule has 0 aliphatic carbocycles. The average Bonchev–Trinajstić information content (AvgIpc) is 2.39. The molecule has 0 amide bonds. The van der Waals surface area contributed by atoms with Crippen LogP contribution in [0.1, 0.15) is 20.8 Å². The van der Waals surface area contributed by atoms with Crippen LogP contribution >= 0.6 is 0 Å². The van der Waals surface area contributed by atoms with Crippen molar-refractivity contribution in [1.29, 1.82) is 5.41 Å². The number of hydrogen-bond acceptors (Lipinski definition) is 5. The fourth-order valence-electron chi connectivity index (χ4n) is 1.64. The quantitative estimate of drug-likeness (QED) is 0.333. The van der Waals surface area contributed by atoms with Gasteiger partial charge >= 0.3 is 5.97 Å². The Balaban J connectivity index is 2.78. The number of esters is 1. The molecule has 0 aromatic carbocycles. The van der Waals surface area contributed by atoms with Gasteiger partial charge in [0.25, 0.3) is 0 Å². The van der Waals surface area contributed by atoms with E-state index in [0.717, 1.165) is 0 Å². The van der Waals surface area contributed by atoms with Crippen LogP contribution in [0.4, 0.5) is 0 Å². The number of amidine groups is 1. The van der Waals surface area contributed by atoms with Crippen LogP contribution in [0.5, 0.6) is 0 Å². The van der Waals surface area contributed by atoms with E-state index in [1.165, 1.54) is 0 Å². The van der Waals surface area contributed by atoms with Gasteiger partial charge in [0.05, 0.1) is 19.8 Å². The molecule has 6 heteroatoms. The van der Waals surface area contributed by atoms with Gasteiger partial charge in [0, 0.05) is 25.3 Å². The monoisotopic (exact) mass is 269 g/mol. The Morgan fingerprint density at radius 3 is 2.63 bits per heavy atom. The summed E-state index contributed by atoms with van der Waals surface area (Å²) in [6.45, 7) is 8.40. The Bertz CT molecular complexity index is 347. The maximum Gasteiger partial charge on any atom is 0.343 e. The second kappa shape index (κ2) is 7.78. The van der Waals surface area contributed by atoms with Crippen LogP contribution in [0.15, 0.2) is 11.8 Å². The summed E-state index contributed by atoms with van der Waals surface area (Å²) in [5.74, 6) is -0.276. The minimum atomic E-state index is -0.466. The van der Waals surface area contributed by atoms with E-state index in [1.807, 2.05) is 18.7 Å². The van der Waals surface area contributed by atoms with E-state index in [-0.39, 0.29) is 17.5 Å². The summed E-state index contributed by atoms with van der Waals surface area (Å²) in [5, 5.41) is 11.2. The molecule has 1 aliphatic rings. The third-order valence-corrected chi connectivity index (χ3v) is 2.64. The van der Waals surface area contributed by atoms with Crippen LogP contribution in [0.2, 0.25) is 0 Å². The van der Waals surface area contributed by atoms with Gasteiger partial charge in [0.2, 0.25) is 0 Å². The lowest BCUT2D eigenvalue weighted by Gasteiger charge is -2.29. The molecule has 0 aromatic rings. The minimum Gasteiger partial charge on any atom is -0.462 e. The first-order chi connectivity index (χ1) is 9.06. The Morgan fingerprint density at radius 1 is 1.47 bits per heavy atom. The standard InChI is InChI=1S/C13H23N3O3/c1-4-19-13(17)11(9-15-10(2)3)12(14)16-5-7-18-8-6-16/h9-10,14-15H,4-8H2,1-3H3/b11-9+,14-12?. The summed E-state index contributed by atoms with van der Waals surface area (Å²) < 4.78 is 10.2. The second-order valence-electron chi connectivity index (χ2n) is 4.55. The number of rotatable bonds is 5. The lowest BCUT2D eigenvalue weighted by Crippen LogP contribution is -2.42. The molecule has 0 bridgehead atoms. The predicted molar refractivity (Wildman–Crippen MR) is 73.1 cm³/mol. The first-order valence-corrected chi connectivity index (χ1v) is 6.61. The van der Waals surface area contributed by atoms with E-state index < -0.39 is 5.97 Å². The van der Waals surface area contributed by atoms with Gasteiger partial charge < -0.3 is 19.7 Å². The van der Waals surface area contributed by atoms with Gasteiger partial charge in [-0.05, 0) is 20.8 Å². The SMILES string of the molecule is CCOC(=O)/C(=C/NC(C)C)C(=N)N1CCOCC1. The molecule has 2 N–H and O–H groups in total. The largest absolute Gasteiger partial charge is 0.462 e. The summed E-state index contributed by atoms with van der Waals surface area (Å²) >= 11 is 0. The summed E-state index contributed by atoms with van der Waals surface area (Å²) in [6, 6.07) is 0.196. The van der Waals surface area contributed by atoms with Crippen LogP contribution in [0.25, 0.3) is 0 Å². The van der Waals surface area contributed by atoms with Gasteiger partial charge in [0.1, 0.15) is 11.4 Å². The molecule has 0 spiro atoms. The zero-order chi connectivity index (χ0) is 14.3. The molecule has 0 atom stereocenters. The molecule has 1 saturated heterocycles. The van der Waals surface area contributed by atoms with Gasteiger partial charge in [-0.25, -0.2) is 4.79 Å². The second-order valence-corrected chi connectivity index (χ2v) is 4.55. The first kappa shape index (κ1) is 15.5. The van der Waals surface area contributed by atoms with Crippen molar-refractivity contribution in [2.24, 2.45) is 0 Å². The van der Waals surface area contributed by atoms with Crippen molar-refractivity contribution in [1.82, 2.24) is 10.2 Å². The maximum atomic E-state index is 11.9. The molecule has 0 unspecified atom stereocenters. The van der Waals surface area contributed by atoms with E-state index in [2.05, 4.69) is 5.32 Å². The normalized spacial score (nSPS) is 16.4. The fraction of sp³-hybridized carbons (Fsp3) is 0.692. The van der Waals surface area contributed by atoms with Crippen molar-refractivity contribution in [2.75, 3.05) is 32.9 Å². The topological polar surface area (TPSA) is 74.7 Å². The molecule has 1 rings (SSSR count). The molecule has 0 radical (unpaired) electrons. The smallest absolute Gasteiger partial charge is 0.343 e. The number of morpholine rings is 1. The van der Waals surface area contributed by atoms with E-state index >= 15 is 0 Å². The van der Waals surface area contributed by atoms with Gasteiger partial charge in [-0.3, -0.25) is 5.41 Å². The lowest BCUT2D eigenvalue weighted by atomic mass is 10.2. The average molecular weight is 269 g/mol. The highest BCUT2D eigenvalue weighted by Crippen LogP contribution is 2.07. The van der Waals surface area contributed by atoms with E-state index in [4.69, 9.17) is 14.9 Å². The van der Waals surface area contributed by atoms with E-state index in [0.29, 0.717) is 32.9 Å². The van der Waals surface area contributed by atoms with Gasteiger partial charge in [-0.2, -0.15) is 0 Å². The van der Waals surface area contributed by atoms with Crippen molar-refractivity contribution >= 4 is 11.8 Å². The number of hydrogen-bond donors (Lipinski definition) is 2. The Morgan fingerprint density at radius 2 is 2.11 bits per heavy atom. The van der Waals surface area contributed by atoms with Crippen LogP contribution in [-0.2, 0) is 14.3 Å². The Labute approximate surface area is 114 Å². The van der Waals surface area contributed by atoms with Crippen molar-refractivity contribution in [3.05, 3.63) is 11.8 Å². The third kappa shape index (κ3) is 4.90. The minimum absolute atomic E-state index is 0.190. The molecular weight excluding hydrogens is 246 g/mol. The van der Waals surface area contributed by atoms with Crippen LogP contribution < -0.4 is 5.32 Å². The number of carbonyl (C=O) groups is 1. The molecular formula is C13H23N3O3. The van der Waals surface area contributed by atoms with Crippen molar-refractivity contribution in [3.8, 4) is 0 Å². The summed E-state index contributed by atoms with van der Waals surface area (Å²) in [4.78, 5) is 13.7. The molecule has 1 aliphatic heterocycles. The Hall–Kier alpha value is -1.56. The summed E-state index contributed by atoms with van der Waals surface area (Å²) in [5.41, 5.74) is 0.262. The zero-order valence-electron chi connectivity index (χ0n) is 11.9. The molecule has 1 fully saturated rings. The Kier molecular flexibility index (Phi) is 6.35. The molecule has 19 heavy (non-hydrogen) atoms. The molecule has 6 nitrogen and oxygen atoms in total. The molecule has 108 valence electrons. The van der Waals surface area contributed by atoms with Crippen molar-refractivity contribution in [2.45, 2.75) is 26.8 Å². The summed E-state index contributed by atoms with van der Waals surface area (Å²) in [6.07, 6.45) is 1.57. The molecule has 1 heterocycles. The third-order valence-electron chi connectivity index (χ3n) is 2.64.